The predicted molar refractivity (Wildman–Crippen MR) is 78.7 cm³/mol. The van der Waals surface area contributed by atoms with E-state index in [-0.39, 0.29) is 11.4 Å². The third kappa shape index (κ3) is 2.67. The van der Waals surface area contributed by atoms with Crippen molar-refractivity contribution in [3.05, 3.63) is 24.3 Å². The normalized spacial score (nSPS) is 23.4. The second-order valence-corrected chi connectivity index (χ2v) is 5.75. The van der Waals surface area contributed by atoms with E-state index in [4.69, 9.17) is 4.74 Å². The van der Waals surface area contributed by atoms with Gasteiger partial charge in [-0.05, 0) is 25.0 Å². The molecule has 1 aliphatic heterocycles. The Morgan fingerprint density at radius 2 is 1.96 bits per heavy atom. The molecule has 0 aromatic heterocycles. The zero-order valence-corrected chi connectivity index (χ0v) is 13.0. The van der Waals surface area contributed by atoms with Crippen LogP contribution in [-0.2, 0) is 9.59 Å². The van der Waals surface area contributed by atoms with E-state index in [0.717, 1.165) is 0 Å². The Labute approximate surface area is 140 Å². The van der Waals surface area contributed by atoms with Gasteiger partial charge in [-0.15, -0.1) is 0 Å². The first-order valence-electron chi connectivity index (χ1n) is 7.40. The molecule has 4 amide bonds. The molecular weight excluding hydrogens is 343 g/mol. The summed E-state index contributed by atoms with van der Waals surface area (Å²) in [6.45, 7) is 0. The Kier molecular flexibility index (Phi) is 3.85. The van der Waals surface area contributed by atoms with Gasteiger partial charge in [-0.3, -0.25) is 14.9 Å². The number of carbonyl (C=O) groups excluding carboxylic acids is 3. The van der Waals surface area contributed by atoms with Crippen LogP contribution in [0.2, 0.25) is 0 Å². The van der Waals surface area contributed by atoms with Crippen LogP contribution in [-0.4, -0.2) is 36.8 Å². The lowest BCUT2D eigenvalue weighted by Gasteiger charge is -2.30. The molecule has 25 heavy (non-hydrogen) atoms. The topological polar surface area (TPSA) is 87.7 Å². The summed E-state index contributed by atoms with van der Waals surface area (Å²) in [5, 5.41) is 3.28. The Morgan fingerprint density at radius 3 is 2.52 bits per heavy atom. The minimum absolute atomic E-state index is 0.0393. The van der Waals surface area contributed by atoms with Crippen LogP contribution in [0.5, 0.6) is 5.75 Å². The van der Waals surface area contributed by atoms with E-state index >= 15 is 0 Å². The van der Waals surface area contributed by atoms with Crippen molar-refractivity contribution in [1.82, 2.24) is 10.6 Å². The maximum atomic E-state index is 13.6. The van der Waals surface area contributed by atoms with Crippen molar-refractivity contribution < 1.29 is 32.3 Å². The highest BCUT2D eigenvalue weighted by atomic mass is 19.4. The van der Waals surface area contributed by atoms with Crippen LogP contribution in [0.3, 0.4) is 0 Å². The summed E-state index contributed by atoms with van der Waals surface area (Å²) in [6.07, 6.45) is -4.34. The van der Waals surface area contributed by atoms with E-state index in [0.29, 0.717) is 17.7 Å². The van der Waals surface area contributed by atoms with Crippen LogP contribution in [0.15, 0.2) is 24.3 Å². The van der Waals surface area contributed by atoms with Crippen molar-refractivity contribution in [2.24, 2.45) is 5.92 Å². The van der Waals surface area contributed by atoms with Crippen molar-refractivity contribution in [2.45, 2.75) is 24.7 Å². The molecule has 7 nitrogen and oxygen atoms in total. The highest BCUT2D eigenvalue weighted by Gasteiger charge is 2.69. The number of methoxy groups -OCH3 is 1. The monoisotopic (exact) mass is 357 g/mol. The van der Waals surface area contributed by atoms with E-state index < -0.39 is 35.6 Å². The maximum absolute atomic E-state index is 13.6. The number of alkyl halides is 3. The average molecular weight is 357 g/mol. The number of ether oxygens (including phenoxy) is 1. The van der Waals surface area contributed by atoms with E-state index in [1.165, 1.54) is 31.4 Å². The molecule has 2 N–H and O–H groups in total. The largest absolute Gasteiger partial charge is 0.495 e. The zero-order chi connectivity index (χ0) is 18.4. The number of anilines is 1. The number of rotatable bonds is 4. The number of amides is 4. The van der Waals surface area contributed by atoms with Gasteiger partial charge in [0.05, 0.1) is 12.8 Å². The van der Waals surface area contributed by atoms with Crippen LogP contribution in [0, 0.1) is 5.92 Å². The molecule has 3 rings (SSSR count). The lowest BCUT2D eigenvalue weighted by molar-refractivity contribution is -0.201. The number of halogens is 3. The molecule has 0 unspecified atom stereocenters. The number of nitrogens with one attached hydrogen (secondary N) is 2. The molecule has 1 saturated carbocycles. The van der Waals surface area contributed by atoms with Gasteiger partial charge < -0.3 is 10.1 Å². The summed E-state index contributed by atoms with van der Waals surface area (Å²) in [7, 11) is 1.25. The Hall–Kier alpha value is -2.78. The van der Waals surface area contributed by atoms with E-state index in [9.17, 15) is 27.6 Å². The van der Waals surface area contributed by atoms with Gasteiger partial charge in [-0.1, -0.05) is 12.1 Å². The molecule has 1 aromatic carbocycles. The molecule has 0 spiro atoms. The highest BCUT2D eigenvalue weighted by molar-refractivity contribution is 6.24. The molecule has 1 saturated heterocycles. The van der Waals surface area contributed by atoms with Crippen molar-refractivity contribution in [2.75, 3.05) is 12.0 Å². The Morgan fingerprint density at radius 1 is 1.32 bits per heavy atom. The van der Waals surface area contributed by atoms with Gasteiger partial charge in [0.15, 0.2) is 0 Å². The average Bonchev–Trinajstić information content (AvgIpc) is 3.35. The molecule has 0 bridgehead atoms. The first-order chi connectivity index (χ1) is 11.7. The smallest absolute Gasteiger partial charge is 0.440 e. The van der Waals surface area contributed by atoms with Crippen LogP contribution >= 0.6 is 0 Å². The molecule has 2 fully saturated rings. The molecule has 1 atom stereocenters. The fourth-order valence-electron chi connectivity index (χ4n) is 2.54. The van der Waals surface area contributed by atoms with Crippen molar-refractivity contribution >= 4 is 23.5 Å². The van der Waals surface area contributed by atoms with Gasteiger partial charge in [-0.25, -0.2) is 9.69 Å². The van der Waals surface area contributed by atoms with Crippen LogP contribution in [0.1, 0.15) is 12.8 Å². The van der Waals surface area contributed by atoms with Gasteiger partial charge in [0.25, 0.3) is 11.6 Å². The van der Waals surface area contributed by atoms with E-state index in [1.54, 1.807) is 10.6 Å². The molecule has 1 heterocycles. The van der Waals surface area contributed by atoms with Crippen LogP contribution < -0.4 is 20.3 Å². The highest BCUT2D eigenvalue weighted by Crippen LogP contribution is 2.39. The first kappa shape index (κ1) is 17.1. The van der Waals surface area contributed by atoms with Crippen LogP contribution in [0.4, 0.5) is 23.7 Å². The standard InChI is InChI=1S/C15H14F3N3O4/c1-25-10-5-3-2-4-9(10)21-12(23)14(15(16,17)18,20-13(21)24)19-11(22)8-6-7-8/h2-5,8H,6-7H2,1H3,(H,19,22)(H,20,24)/t14-/m0/s1. The molecule has 0 radical (unpaired) electrons. The predicted octanol–water partition coefficient (Wildman–Crippen LogP) is 1.54. The number of para-hydroxylation sites is 2. The molecule has 1 aromatic rings. The molecular formula is C15H14F3N3O4. The summed E-state index contributed by atoms with van der Waals surface area (Å²) in [5.74, 6) is -3.10. The summed E-state index contributed by atoms with van der Waals surface area (Å²) >= 11 is 0. The number of hydrogen-bond acceptors (Lipinski definition) is 4. The number of nitrogens with zero attached hydrogens (tertiary/aromatic N) is 1. The fourth-order valence-corrected chi connectivity index (χ4v) is 2.54. The van der Waals surface area contributed by atoms with Gasteiger partial charge >= 0.3 is 12.2 Å². The van der Waals surface area contributed by atoms with Crippen molar-refractivity contribution in [3.8, 4) is 5.75 Å². The lowest BCUT2D eigenvalue weighted by Crippen LogP contribution is -2.69. The molecule has 10 heteroatoms. The van der Waals surface area contributed by atoms with Crippen molar-refractivity contribution in [1.29, 1.82) is 0 Å². The Bertz CT molecular complexity index is 748. The molecule has 134 valence electrons. The van der Waals surface area contributed by atoms with Crippen molar-refractivity contribution in [3.63, 3.8) is 0 Å². The molecule has 1 aliphatic carbocycles. The number of imide groups is 1. The lowest BCUT2D eigenvalue weighted by atomic mass is 10.1. The van der Waals surface area contributed by atoms with Crippen LogP contribution in [0.25, 0.3) is 0 Å². The third-order valence-corrected chi connectivity index (χ3v) is 4.03. The number of benzene rings is 1. The summed E-state index contributed by atoms with van der Waals surface area (Å²) < 4.78 is 45.9. The minimum Gasteiger partial charge on any atom is -0.495 e. The molecule has 2 aliphatic rings. The fraction of sp³-hybridized carbons (Fsp3) is 0.400. The number of hydrogen-bond donors (Lipinski definition) is 2. The summed E-state index contributed by atoms with van der Waals surface area (Å²) in [4.78, 5) is 36.9. The summed E-state index contributed by atoms with van der Waals surface area (Å²) in [6, 6.07) is 4.34. The Balaban J connectivity index is 2.03. The SMILES string of the molecule is COc1ccccc1N1C(=O)N[C@](NC(=O)C2CC2)(C(F)(F)F)C1=O. The van der Waals surface area contributed by atoms with Gasteiger partial charge in [-0.2, -0.15) is 13.2 Å². The number of urea groups is 1. The second-order valence-electron chi connectivity index (χ2n) is 5.75. The minimum atomic E-state index is -5.22. The van der Waals surface area contributed by atoms with Gasteiger partial charge in [0.1, 0.15) is 5.75 Å². The van der Waals surface area contributed by atoms with Gasteiger partial charge in [0.2, 0.25) is 5.91 Å². The first-order valence-corrected chi connectivity index (χ1v) is 7.40. The van der Waals surface area contributed by atoms with E-state index in [2.05, 4.69) is 0 Å². The van der Waals surface area contributed by atoms with Gasteiger partial charge in [0, 0.05) is 5.92 Å². The quantitative estimate of drug-likeness (QED) is 0.800. The summed E-state index contributed by atoms with van der Waals surface area (Å²) in [5.41, 5.74) is -3.65. The number of carbonyl (C=O) groups is 3. The second kappa shape index (κ2) is 5.64. The zero-order valence-electron chi connectivity index (χ0n) is 13.0. The maximum Gasteiger partial charge on any atom is 0.440 e. The van der Waals surface area contributed by atoms with E-state index in [1.807, 2.05) is 0 Å². The third-order valence-electron chi connectivity index (χ3n) is 4.03.